The van der Waals surface area contributed by atoms with Crippen molar-refractivity contribution in [2.24, 2.45) is 0 Å². The Morgan fingerprint density at radius 2 is 1.80 bits per heavy atom. The number of rotatable bonds is 4. The largest absolute Gasteiger partial charge is 0.394 e. The summed E-state index contributed by atoms with van der Waals surface area (Å²) in [7, 11) is 0. The third-order valence-electron chi connectivity index (χ3n) is 3.40. The van der Waals surface area contributed by atoms with Gasteiger partial charge in [0.05, 0.1) is 22.4 Å². The van der Waals surface area contributed by atoms with Gasteiger partial charge in [0.15, 0.2) is 5.13 Å². The lowest BCUT2D eigenvalue weighted by atomic mass is 9.93. The molecule has 0 spiro atoms. The molecule has 0 aliphatic rings. The van der Waals surface area contributed by atoms with E-state index < -0.39 is 5.54 Å². The second-order valence-electron chi connectivity index (χ2n) is 4.97. The molecule has 102 valence electrons. The zero-order valence-corrected chi connectivity index (χ0v) is 12.0. The average molecular weight is 284 g/mol. The normalized spacial score (nSPS) is 14.1. The van der Waals surface area contributed by atoms with Crippen molar-refractivity contribution in [2.45, 2.75) is 12.5 Å². The Hall–Kier alpha value is -1.91. The number of para-hydroxylation sites is 1. The summed E-state index contributed by atoms with van der Waals surface area (Å²) in [5.74, 6) is 0. The van der Waals surface area contributed by atoms with Crippen molar-refractivity contribution in [3.8, 4) is 0 Å². The highest BCUT2D eigenvalue weighted by atomic mass is 32.1. The van der Waals surface area contributed by atoms with Gasteiger partial charge in [0.1, 0.15) is 0 Å². The lowest BCUT2D eigenvalue weighted by Crippen LogP contribution is -2.35. The van der Waals surface area contributed by atoms with Crippen LogP contribution in [0.3, 0.4) is 0 Å². The number of nitrogens with zero attached hydrogens (tertiary/aromatic N) is 1. The van der Waals surface area contributed by atoms with E-state index >= 15 is 0 Å². The molecule has 0 saturated carbocycles. The minimum atomic E-state index is -0.533. The van der Waals surface area contributed by atoms with Gasteiger partial charge in [-0.3, -0.25) is 0 Å². The predicted molar refractivity (Wildman–Crippen MR) is 84.1 cm³/mol. The first-order chi connectivity index (χ1) is 9.71. The topological polar surface area (TPSA) is 45.1 Å². The number of aromatic nitrogens is 1. The quantitative estimate of drug-likeness (QED) is 0.769. The van der Waals surface area contributed by atoms with E-state index in [1.165, 1.54) is 0 Å². The smallest absolute Gasteiger partial charge is 0.184 e. The van der Waals surface area contributed by atoms with Crippen molar-refractivity contribution in [1.29, 1.82) is 0 Å². The van der Waals surface area contributed by atoms with Crippen LogP contribution < -0.4 is 5.32 Å². The molecule has 1 heterocycles. The molecule has 0 saturated heterocycles. The summed E-state index contributed by atoms with van der Waals surface area (Å²) in [6.45, 7) is 1.99. The van der Waals surface area contributed by atoms with Gasteiger partial charge in [-0.2, -0.15) is 0 Å². The fraction of sp³-hybridized carbons (Fsp3) is 0.188. The minimum Gasteiger partial charge on any atom is -0.394 e. The Kier molecular flexibility index (Phi) is 3.42. The highest BCUT2D eigenvalue weighted by molar-refractivity contribution is 7.22. The molecule has 0 fully saturated rings. The fourth-order valence-corrected chi connectivity index (χ4v) is 3.16. The number of aliphatic hydroxyl groups excluding tert-OH is 1. The molecule has 3 nitrogen and oxygen atoms in total. The summed E-state index contributed by atoms with van der Waals surface area (Å²) in [5, 5.41) is 14.0. The maximum Gasteiger partial charge on any atom is 0.184 e. The molecule has 0 bridgehead atoms. The fourth-order valence-electron chi connectivity index (χ4n) is 2.17. The van der Waals surface area contributed by atoms with Crippen LogP contribution >= 0.6 is 11.3 Å². The number of aliphatic hydroxyl groups is 1. The van der Waals surface area contributed by atoms with E-state index in [9.17, 15) is 5.11 Å². The van der Waals surface area contributed by atoms with E-state index in [1.807, 2.05) is 55.5 Å². The standard InChI is InChI=1S/C16H16N2OS/c1-16(11-19,12-7-3-2-4-8-12)18-15-17-13-9-5-6-10-14(13)20-15/h2-10,19H,11H2,1H3,(H,17,18). The molecule has 3 rings (SSSR count). The van der Waals surface area contributed by atoms with E-state index in [4.69, 9.17) is 0 Å². The van der Waals surface area contributed by atoms with Crippen LogP contribution in [-0.2, 0) is 5.54 Å². The molecule has 3 aromatic rings. The van der Waals surface area contributed by atoms with Crippen molar-refractivity contribution < 1.29 is 5.11 Å². The van der Waals surface area contributed by atoms with Crippen LogP contribution in [0.2, 0.25) is 0 Å². The molecule has 0 amide bonds. The van der Waals surface area contributed by atoms with Crippen LogP contribution in [-0.4, -0.2) is 16.7 Å². The van der Waals surface area contributed by atoms with E-state index in [-0.39, 0.29) is 6.61 Å². The number of nitrogens with one attached hydrogen (secondary N) is 1. The molecule has 4 heteroatoms. The number of hydrogen-bond donors (Lipinski definition) is 2. The summed E-state index contributed by atoms with van der Waals surface area (Å²) >= 11 is 1.60. The van der Waals surface area contributed by atoms with Crippen LogP contribution in [0.25, 0.3) is 10.2 Å². The van der Waals surface area contributed by atoms with Gasteiger partial charge in [-0.15, -0.1) is 0 Å². The number of anilines is 1. The molecule has 1 unspecified atom stereocenters. The summed E-state index contributed by atoms with van der Waals surface area (Å²) in [6, 6.07) is 18.0. The lowest BCUT2D eigenvalue weighted by Gasteiger charge is -2.29. The van der Waals surface area contributed by atoms with Crippen LogP contribution in [0.4, 0.5) is 5.13 Å². The second kappa shape index (κ2) is 5.23. The van der Waals surface area contributed by atoms with Crippen LogP contribution in [0.15, 0.2) is 54.6 Å². The highest BCUT2D eigenvalue weighted by Gasteiger charge is 2.26. The van der Waals surface area contributed by atoms with Crippen LogP contribution in [0.1, 0.15) is 12.5 Å². The SMILES string of the molecule is CC(CO)(Nc1nc2ccccc2s1)c1ccccc1. The van der Waals surface area contributed by atoms with Crippen molar-refractivity contribution in [3.63, 3.8) is 0 Å². The molecule has 0 aliphatic carbocycles. The first kappa shape index (κ1) is 13.1. The lowest BCUT2D eigenvalue weighted by molar-refractivity contribution is 0.224. The number of hydrogen-bond acceptors (Lipinski definition) is 4. The van der Waals surface area contributed by atoms with E-state index in [1.54, 1.807) is 11.3 Å². The van der Waals surface area contributed by atoms with Crippen LogP contribution in [0.5, 0.6) is 0 Å². The predicted octanol–water partition coefficient (Wildman–Crippen LogP) is 3.62. The Morgan fingerprint density at radius 1 is 1.10 bits per heavy atom. The third kappa shape index (κ3) is 2.40. The average Bonchev–Trinajstić information content (AvgIpc) is 2.90. The summed E-state index contributed by atoms with van der Waals surface area (Å²) in [4.78, 5) is 4.57. The Labute approximate surface area is 121 Å². The molecule has 2 aromatic carbocycles. The highest BCUT2D eigenvalue weighted by Crippen LogP contribution is 2.31. The zero-order chi connectivity index (χ0) is 14.0. The van der Waals surface area contributed by atoms with Gasteiger partial charge in [0.25, 0.3) is 0 Å². The van der Waals surface area contributed by atoms with Gasteiger partial charge in [0.2, 0.25) is 0 Å². The molecule has 0 radical (unpaired) electrons. The number of thiazole rings is 1. The second-order valence-corrected chi connectivity index (χ2v) is 6.00. The first-order valence-electron chi connectivity index (χ1n) is 6.51. The van der Waals surface area contributed by atoms with Gasteiger partial charge in [-0.1, -0.05) is 53.8 Å². The summed E-state index contributed by atoms with van der Waals surface area (Å²) in [6.07, 6.45) is 0. The summed E-state index contributed by atoms with van der Waals surface area (Å²) < 4.78 is 1.14. The molecular weight excluding hydrogens is 268 g/mol. The van der Waals surface area contributed by atoms with Crippen LogP contribution in [0, 0.1) is 0 Å². The van der Waals surface area contributed by atoms with Gasteiger partial charge in [0, 0.05) is 0 Å². The summed E-state index contributed by atoms with van der Waals surface area (Å²) in [5.41, 5.74) is 1.49. The maximum absolute atomic E-state index is 9.79. The van der Waals surface area contributed by atoms with E-state index in [0.717, 1.165) is 20.9 Å². The number of benzene rings is 2. The molecular formula is C16H16N2OS. The van der Waals surface area contributed by atoms with Crippen molar-refractivity contribution in [2.75, 3.05) is 11.9 Å². The zero-order valence-electron chi connectivity index (χ0n) is 11.2. The van der Waals surface area contributed by atoms with Gasteiger partial charge >= 0.3 is 0 Å². The van der Waals surface area contributed by atoms with Gasteiger partial charge < -0.3 is 10.4 Å². The van der Waals surface area contributed by atoms with Crippen molar-refractivity contribution in [3.05, 3.63) is 60.2 Å². The maximum atomic E-state index is 9.79. The van der Waals surface area contributed by atoms with Crippen molar-refractivity contribution in [1.82, 2.24) is 4.98 Å². The first-order valence-corrected chi connectivity index (χ1v) is 7.33. The minimum absolute atomic E-state index is 0.00688. The Bertz CT molecular complexity index is 678. The van der Waals surface area contributed by atoms with Gasteiger partial charge in [-0.05, 0) is 24.6 Å². The number of fused-ring (bicyclic) bond motifs is 1. The molecule has 0 aliphatic heterocycles. The molecule has 20 heavy (non-hydrogen) atoms. The molecule has 1 aromatic heterocycles. The monoisotopic (exact) mass is 284 g/mol. The molecule has 1 atom stereocenters. The molecule has 2 N–H and O–H groups in total. The van der Waals surface area contributed by atoms with Crippen molar-refractivity contribution >= 4 is 26.7 Å². The van der Waals surface area contributed by atoms with E-state index in [2.05, 4.69) is 16.4 Å². The van der Waals surface area contributed by atoms with E-state index in [0.29, 0.717) is 0 Å². The Balaban J connectivity index is 1.95. The van der Waals surface area contributed by atoms with Gasteiger partial charge in [-0.25, -0.2) is 4.98 Å². The third-order valence-corrected chi connectivity index (χ3v) is 4.36. The Morgan fingerprint density at radius 3 is 2.50 bits per heavy atom.